The van der Waals surface area contributed by atoms with Crippen LogP contribution in [0.2, 0.25) is 0 Å². The van der Waals surface area contributed by atoms with Crippen LogP contribution in [0.5, 0.6) is 0 Å². The number of alkyl halides is 1. The molecule has 0 saturated heterocycles. The van der Waals surface area contributed by atoms with Gasteiger partial charge in [-0.2, -0.15) is 0 Å². The lowest BCUT2D eigenvalue weighted by molar-refractivity contribution is -0.145. The molecular formula is C10H11F2NO2. The lowest BCUT2D eigenvalue weighted by Crippen LogP contribution is -2.49. The van der Waals surface area contributed by atoms with E-state index in [0.29, 0.717) is 0 Å². The Balaban J connectivity index is 3.10. The predicted octanol–water partition coefficient (Wildman–Crippen LogP) is 1.64. The summed E-state index contributed by atoms with van der Waals surface area (Å²) in [6, 6.07) is 5.04. The molecule has 0 bridgehead atoms. The average molecular weight is 215 g/mol. The Morgan fingerprint density at radius 1 is 1.53 bits per heavy atom. The van der Waals surface area contributed by atoms with Crippen molar-refractivity contribution in [3.05, 3.63) is 35.6 Å². The van der Waals surface area contributed by atoms with E-state index in [0.717, 1.165) is 13.0 Å². The lowest BCUT2D eigenvalue weighted by atomic mass is 9.91. The van der Waals surface area contributed by atoms with E-state index >= 15 is 0 Å². The molecule has 0 aromatic heterocycles. The van der Waals surface area contributed by atoms with E-state index in [-0.39, 0.29) is 5.56 Å². The van der Waals surface area contributed by atoms with Crippen LogP contribution >= 0.6 is 0 Å². The van der Waals surface area contributed by atoms with E-state index in [2.05, 4.69) is 0 Å². The second kappa shape index (κ2) is 3.94. The Hall–Kier alpha value is -1.49. The molecular weight excluding hydrogens is 204 g/mol. The molecule has 0 fully saturated rings. The third kappa shape index (κ3) is 2.12. The summed E-state index contributed by atoms with van der Waals surface area (Å²) in [6.07, 6.45) is -2.09. The van der Waals surface area contributed by atoms with E-state index in [1.165, 1.54) is 18.2 Å². The van der Waals surface area contributed by atoms with Crippen molar-refractivity contribution in [3.63, 3.8) is 0 Å². The third-order valence-electron chi connectivity index (χ3n) is 2.17. The number of hydrogen-bond acceptors (Lipinski definition) is 2. The van der Waals surface area contributed by atoms with Crippen molar-refractivity contribution >= 4 is 5.97 Å². The Kier molecular flexibility index (Phi) is 3.04. The highest BCUT2D eigenvalue weighted by Gasteiger charge is 2.40. The summed E-state index contributed by atoms with van der Waals surface area (Å²) >= 11 is 0. The highest BCUT2D eigenvalue weighted by molar-refractivity contribution is 5.79. The van der Waals surface area contributed by atoms with Gasteiger partial charge in [0, 0.05) is 5.56 Å². The predicted molar refractivity (Wildman–Crippen MR) is 50.5 cm³/mol. The van der Waals surface area contributed by atoms with Gasteiger partial charge in [-0.3, -0.25) is 4.79 Å². The van der Waals surface area contributed by atoms with Crippen LogP contribution in [0.1, 0.15) is 18.7 Å². The molecule has 0 aliphatic heterocycles. The molecule has 1 rings (SSSR count). The number of hydrogen-bond donors (Lipinski definition) is 2. The SMILES string of the molecule is CC(N)(C(=O)O)C(F)c1ccccc1F. The minimum Gasteiger partial charge on any atom is -0.480 e. The second-order valence-electron chi connectivity index (χ2n) is 3.47. The maximum Gasteiger partial charge on any atom is 0.326 e. The molecule has 82 valence electrons. The summed E-state index contributed by atoms with van der Waals surface area (Å²) in [5.74, 6) is -2.32. The van der Waals surface area contributed by atoms with Crippen LogP contribution in [0.15, 0.2) is 24.3 Å². The van der Waals surface area contributed by atoms with Gasteiger partial charge in [-0.25, -0.2) is 8.78 Å². The van der Waals surface area contributed by atoms with Gasteiger partial charge in [0.15, 0.2) is 6.17 Å². The highest BCUT2D eigenvalue weighted by atomic mass is 19.1. The Morgan fingerprint density at radius 3 is 2.53 bits per heavy atom. The molecule has 3 N–H and O–H groups in total. The molecule has 0 spiro atoms. The number of halogens is 2. The van der Waals surface area contributed by atoms with Gasteiger partial charge >= 0.3 is 5.97 Å². The zero-order valence-corrected chi connectivity index (χ0v) is 8.08. The quantitative estimate of drug-likeness (QED) is 0.805. The maximum atomic E-state index is 13.7. The first-order valence-corrected chi connectivity index (χ1v) is 4.28. The molecule has 5 heteroatoms. The fraction of sp³-hybridized carbons (Fsp3) is 0.300. The summed E-state index contributed by atoms with van der Waals surface area (Å²) in [5, 5.41) is 8.68. The molecule has 0 amide bonds. The summed E-state index contributed by atoms with van der Waals surface area (Å²) in [5.41, 5.74) is 2.78. The molecule has 0 saturated carbocycles. The Labute approximate surface area is 85.5 Å². The fourth-order valence-electron chi connectivity index (χ4n) is 1.11. The topological polar surface area (TPSA) is 63.3 Å². The van der Waals surface area contributed by atoms with Gasteiger partial charge in [0.2, 0.25) is 0 Å². The number of carboxylic acids is 1. The van der Waals surface area contributed by atoms with Crippen molar-refractivity contribution < 1.29 is 18.7 Å². The first-order valence-electron chi connectivity index (χ1n) is 4.28. The largest absolute Gasteiger partial charge is 0.480 e. The monoisotopic (exact) mass is 215 g/mol. The van der Waals surface area contributed by atoms with Crippen molar-refractivity contribution in [1.29, 1.82) is 0 Å². The van der Waals surface area contributed by atoms with E-state index in [9.17, 15) is 13.6 Å². The minimum atomic E-state index is -2.14. The van der Waals surface area contributed by atoms with Gasteiger partial charge in [0.05, 0.1) is 0 Å². The summed E-state index contributed by atoms with van der Waals surface area (Å²) in [4.78, 5) is 10.7. The number of benzene rings is 1. The summed E-state index contributed by atoms with van der Waals surface area (Å²) < 4.78 is 26.8. The van der Waals surface area contributed by atoms with Gasteiger partial charge in [0.25, 0.3) is 0 Å². The van der Waals surface area contributed by atoms with Crippen molar-refractivity contribution in [2.75, 3.05) is 0 Å². The average Bonchev–Trinajstić information content (AvgIpc) is 2.17. The first-order chi connectivity index (χ1) is 6.87. The smallest absolute Gasteiger partial charge is 0.326 e. The van der Waals surface area contributed by atoms with Crippen molar-refractivity contribution in [2.45, 2.75) is 18.6 Å². The van der Waals surface area contributed by atoms with Crippen LogP contribution in [0.3, 0.4) is 0 Å². The normalized spacial score (nSPS) is 16.8. The summed E-state index contributed by atoms with van der Waals surface area (Å²) in [6.45, 7) is 1.01. The van der Waals surface area contributed by atoms with Crippen molar-refractivity contribution in [1.82, 2.24) is 0 Å². The number of nitrogens with two attached hydrogens (primary N) is 1. The molecule has 0 aliphatic carbocycles. The van der Waals surface area contributed by atoms with Gasteiger partial charge < -0.3 is 10.8 Å². The number of aliphatic carboxylic acids is 1. The zero-order valence-electron chi connectivity index (χ0n) is 8.08. The van der Waals surface area contributed by atoms with Gasteiger partial charge in [0.1, 0.15) is 11.4 Å². The Bertz CT molecular complexity index is 379. The minimum absolute atomic E-state index is 0.343. The fourth-order valence-corrected chi connectivity index (χ4v) is 1.11. The van der Waals surface area contributed by atoms with Crippen LogP contribution < -0.4 is 5.73 Å². The standard InChI is InChI=1S/C10H11F2NO2/c1-10(13,9(14)15)8(12)6-4-2-3-5-7(6)11/h2-5,8H,13H2,1H3,(H,14,15). The second-order valence-corrected chi connectivity index (χ2v) is 3.47. The molecule has 2 atom stereocenters. The highest BCUT2D eigenvalue weighted by Crippen LogP contribution is 2.29. The number of carbonyl (C=O) groups is 1. The van der Waals surface area contributed by atoms with E-state index < -0.39 is 23.5 Å². The number of rotatable bonds is 3. The van der Waals surface area contributed by atoms with Gasteiger partial charge in [-0.05, 0) is 13.0 Å². The van der Waals surface area contributed by atoms with Crippen LogP contribution in [0.4, 0.5) is 8.78 Å². The Morgan fingerprint density at radius 2 is 2.07 bits per heavy atom. The molecule has 0 heterocycles. The van der Waals surface area contributed by atoms with Crippen molar-refractivity contribution in [3.8, 4) is 0 Å². The third-order valence-corrected chi connectivity index (χ3v) is 2.17. The number of carboxylic acid groups (broad SMARTS) is 1. The molecule has 0 radical (unpaired) electrons. The molecule has 2 unspecified atom stereocenters. The van der Waals surface area contributed by atoms with E-state index in [4.69, 9.17) is 10.8 Å². The van der Waals surface area contributed by atoms with Crippen LogP contribution in [-0.4, -0.2) is 16.6 Å². The molecule has 1 aromatic carbocycles. The van der Waals surface area contributed by atoms with Crippen LogP contribution in [0.25, 0.3) is 0 Å². The molecule has 3 nitrogen and oxygen atoms in total. The molecule has 15 heavy (non-hydrogen) atoms. The van der Waals surface area contributed by atoms with Crippen LogP contribution in [-0.2, 0) is 4.79 Å². The van der Waals surface area contributed by atoms with Gasteiger partial charge in [-0.1, -0.05) is 18.2 Å². The van der Waals surface area contributed by atoms with Gasteiger partial charge in [-0.15, -0.1) is 0 Å². The first kappa shape index (κ1) is 11.6. The maximum absolute atomic E-state index is 13.7. The lowest BCUT2D eigenvalue weighted by Gasteiger charge is -2.24. The summed E-state index contributed by atoms with van der Waals surface area (Å²) in [7, 11) is 0. The van der Waals surface area contributed by atoms with E-state index in [1.807, 2.05) is 0 Å². The zero-order chi connectivity index (χ0) is 11.6. The molecule has 1 aromatic rings. The van der Waals surface area contributed by atoms with Crippen LogP contribution in [0, 0.1) is 5.82 Å². The molecule has 0 aliphatic rings. The van der Waals surface area contributed by atoms with E-state index in [1.54, 1.807) is 0 Å². The van der Waals surface area contributed by atoms with Crippen molar-refractivity contribution in [2.24, 2.45) is 5.73 Å².